The van der Waals surface area contributed by atoms with Gasteiger partial charge in [0, 0.05) is 32.2 Å². The second-order valence-electron chi connectivity index (χ2n) is 8.09. The molecule has 0 bridgehead atoms. The molecule has 3 heterocycles. The summed E-state index contributed by atoms with van der Waals surface area (Å²) < 4.78 is 7.95. The predicted octanol–water partition coefficient (Wildman–Crippen LogP) is 2.30. The van der Waals surface area contributed by atoms with Gasteiger partial charge in [-0.25, -0.2) is 4.98 Å². The van der Waals surface area contributed by atoms with E-state index in [4.69, 9.17) is 15.6 Å². The van der Waals surface area contributed by atoms with Gasteiger partial charge in [-0.05, 0) is 30.4 Å². The number of aliphatic hydroxyl groups excluding tert-OH is 1. The van der Waals surface area contributed by atoms with E-state index in [-0.39, 0.29) is 6.61 Å². The maximum Gasteiger partial charge on any atom is 0.225 e. The zero-order valence-electron chi connectivity index (χ0n) is 19.0. The van der Waals surface area contributed by atoms with Crippen LogP contribution in [-0.4, -0.2) is 58.2 Å². The number of nitrogens with zero attached hydrogens (tertiary/aromatic N) is 5. The standard InChI is InChI=1S/C23H33N7O2/c1-3-4-9-29(10-11-31)22-20-19(26-23(25-2)27-22)15-30(28-20)14-17-8-7-16(13-24)18-6-5-12-32-21(17)18/h7-8,15,31H,3-6,9-14,24H2,1-2H3,(H,25,26). The summed E-state index contributed by atoms with van der Waals surface area (Å²) in [5, 5.41) is 17.5. The van der Waals surface area contributed by atoms with Crippen LogP contribution in [0.2, 0.25) is 0 Å². The van der Waals surface area contributed by atoms with Gasteiger partial charge in [0.25, 0.3) is 0 Å². The van der Waals surface area contributed by atoms with Crippen LogP contribution in [0.4, 0.5) is 11.8 Å². The minimum atomic E-state index is 0.0573. The Bertz CT molecular complexity index is 1070. The van der Waals surface area contributed by atoms with E-state index in [1.807, 2.05) is 10.9 Å². The van der Waals surface area contributed by atoms with Crippen LogP contribution in [0.3, 0.4) is 0 Å². The van der Waals surface area contributed by atoms with E-state index in [0.29, 0.717) is 25.6 Å². The van der Waals surface area contributed by atoms with Gasteiger partial charge in [-0.3, -0.25) is 4.68 Å². The summed E-state index contributed by atoms with van der Waals surface area (Å²) in [6, 6.07) is 4.19. The van der Waals surface area contributed by atoms with Gasteiger partial charge in [-0.2, -0.15) is 10.1 Å². The lowest BCUT2D eigenvalue weighted by molar-refractivity contribution is 0.283. The molecule has 0 spiro atoms. The lowest BCUT2D eigenvalue weighted by atomic mass is 9.96. The number of nitrogens with one attached hydrogen (secondary N) is 1. The van der Waals surface area contributed by atoms with Gasteiger partial charge in [0.2, 0.25) is 5.95 Å². The van der Waals surface area contributed by atoms with Crippen LogP contribution in [0.25, 0.3) is 11.0 Å². The van der Waals surface area contributed by atoms with Crippen molar-refractivity contribution in [3.05, 3.63) is 35.0 Å². The Morgan fingerprint density at radius 2 is 2.09 bits per heavy atom. The molecule has 4 N–H and O–H groups in total. The first-order chi connectivity index (χ1) is 15.7. The van der Waals surface area contributed by atoms with Crippen molar-refractivity contribution in [2.75, 3.05) is 43.6 Å². The van der Waals surface area contributed by atoms with Gasteiger partial charge < -0.3 is 25.8 Å². The van der Waals surface area contributed by atoms with E-state index in [2.05, 4.69) is 39.2 Å². The van der Waals surface area contributed by atoms with Gasteiger partial charge in [-0.1, -0.05) is 25.5 Å². The Hall–Kier alpha value is -2.91. The Labute approximate surface area is 188 Å². The molecule has 0 fully saturated rings. The molecular weight excluding hydrogens is 406 g/mol. The number of hydrogen-bond donors (Lipinski definition) is 3. The van der Waals surface area contributed by atoms with Crippen molar-refractivity contribution in [1.82, 2.24) is 19.7 Å². The lowest BCUT2D eigenvalue weighted by Crippen LogP contribution is -2.29. The highest BCUT2D eigenvalue weighted by Gasteiger charge is 2.20. The molecule has 0 saturated carbocycles. The minimum Gasteiger partial charge on any atom is -0.493 e. The van der Waals surface area contributed by atoms with Crippen LogP contribution in [0.15, 0.2) is 18.3 Å². The second kappa shape index (κ2) is 10.1. The lowest BCUT2D eigenvalue weighted by Gasteiger charge is -2.23. The molecule has 4 rings (SSSR count). The number of rotatable bonds is 10. The van der Waals surface area contributed by atoms with Crippen molar-refractivity contribution in [3.8, 4) is 5.75 Å². The molecule has 0 amide bonds. The van der Waals surface area contributed by atoms with Gasteiger partial charge in [0.15, 0.2) is 11.3 Å². The maximum atomic E-state index is 9.60. The summed E-state index contributed by atoms with van der Waals surface area (Å²) in [6.45, 7) is 5.34. The van der Waals surface area contributed by atoms with E-state index >= 15 is 0 Å². The number of benzene rings is 1. The average molecular weight is 440 g/mol. The Kier molecular flexibility index (Phi) is 7.06. The van der Waals surface area contributed by atoms with E-state index < -0.39 is 0 Å². The number of nitrogens with two attached hydrogens (primary N) is 1. The van der Waals surface area contributed by atoms with Gasteiger partial charge >= 0.3 is 0 Å². The second-order valence-corrected chi connectivity index (χ2v) is 8.09. The largest absolute Gasteiger partial charge is 0.493 e. The zero-order valence-corrected chi connectivity index (χ0v) is 19.0. The number of fused-ring (bicyclic) bond motifs is 2. The summed E-state index contributed by atoms with van der Waals surface area (Å²) in [5.41, 5.74) is 10.9. The Morgan fingerprint density at radius 3 is 2.84 bits per heavy atom. The third-order valence-corrected chi connectivity index (χ3v) is 5.88. The fourth-order valence-electron chi connectivity index (χ4n) is 4.24. The highest BCUT2D eigenvalue weighted by atomic mass is 16.5. The van der Waals surface area contributed by atoms with Crippen molar-refractivity contribution in [1.29, 1.82) is 0 Å². The molecule has 2 aromatic heterocycles. The molecule has 9 nitrogen and oxygen atoms in total. The number of aliphatic hydroxyl groups is 1. The quantitative estimate of drug-likeness (QED) is 0.441. The summed E-state index contributed by atoms with van der Waals surface area (Å²) in [5.74, 6) is 2.24. The molecule has 1 aliphatic rings. The van der Waals surface area contributed by atoms with Gasteiger partial charge in [-0.15, -0.1) is 0 Å². The molecule has 9 heteroatoms. The molecule has 1 aliphatic heterocycles. The molecule has 0 saturated heterocycles. The third kappa shape index (κ3) is 4.49. The third-order valence-electron chi connectivity index (χ3n) is 5.88. The Morgan fingerprint density at radius 1 is 1.25 bits per heavy atom. The topological polar surface area (TPSA) is 114 Å². The predicted molar refractivity (Wildman–Crippen MR) is 126 cm³/mol. The summed E-state index contributed by atoms with van der Waals surface area (Å²) in [7, 11) is 1.81. The van der Waals surface area contributed by atoms with E-state index in [9.17, 15) is 5.11 Å². The molecule has 172 valence electrons. The van der Waals surface area contributed by atoms with Gasteiger partial charge in [0.05, 0.1) is 26.0 Å². The van der Waals surface area contributed by atoms with E-state index in [0.717, 1.165) is 72.6 Å². The zero-order chi connectivity index (χ0) is 22.5. The van der Waals surface area contributed by atoms with Crippen molar-refractivity contribution >= 4 is 22.8 Å². The van der Waals surface area contributed by atoms with Crippen LogP contribution < -0.4 is 20.7 Å². The van der Waals surface area contributed by atoms with Crippen LogP contribution >= 0.6 is 0 Å². The SMILES string of the molecule is CCCCN(CCO)c1nc(NC)nc2cn(Cc3ccc(CN)c4c3OCCC4)nc12. The Balaban J connectivity index is 1.72. The number of unbranched alkanes of at least 4 members (excludes halogenated alkanes) is 1. The summed E-state index contributed by atoms with van der Waals surface area (Å²) >= 11 is 0. The highest BCUT2D eigenvalue weighted by Crippen LogP contribution is 2.33. The monoisotopic (exact) mass is 439 g/mol. The summed E-state index contributed by atoms with van der Waals surface area (Å²) in [6.07, 6.45) is 6.03. The van der Waals surface area contributed by atoms with Crippen LogP contribution in [0, 0.1) is 0 Å². The number of ether oxygens (including phenoxy) is 1. The summed E-state index contributed by atoms with van der Waals surface area (Å²) in [4.78, 5) is 11.4. The fraction of sp³-hybridized carbons (Fsp3) is 0.522. The van der Waals surface area contributed by atoms with E-state index in [1.165, 1.54) is 5.56 Å². The van der Waals surface area contributed by atoms with Crippen molar-refractivity contribution in [3.63, 3.8) is 0 Å². The first-order valence-corrected chi connectivity index (χ1v) is 11.4. The average Bonchev–Trinajstić information content (AvgIpc) is 3.23. The van der Waals surface area contributed by atoms with Crippen molar-refractivity contribution in [2.45, 2.75) is 45.7 Å². The van der Waals surface area contributed by atoms with Crippen LogP contribution in [0.1, 0.15) is 42.9 Å². The first kappa shape index (κ1) is 22.3. The normalized spacial score (nSPS) is 13.1. The van der Waals surface area contributed by atoms with Crippen LogP contribution in [0.5, 0.6) is 5.75 Å². The maximum absolute atomic E-state index is 9.60. The van der Waals surface area contributed by atoms with Crippen LogP contribution in [-0.2, 0) is 19.5 Å². The smallest absolute Gasteiger partial charge is 0.225 e. The highest BCUT2D eigenvalue weighted by molar-refractivity contribution is 5.86. The number of anilines is 2. The van der Waals surface area contributed by atoms with E-state index in [1.54, 1.807) is 7.05 Å². The van der Waals surface area contributed by atoms with Crippen molar-refractivity contribution < 1.29 is 9.84 Å². The molecule has 0 unspecified atom stereocenters. The minimum absolute atomic E-state index is 0.0573. The fourth-order valence-corrected chi connectivity index (χ4v) is 4.24. The molecule has 0 radical (unpaired) electrons. The molecule has 3 aromatic rings. The first-order valence-electron chi connectivity index (χ1n) is 11.4. The van der Waals surface area contributed by atoms with Crippen molar-refractivity contribution in [2.24, 2.45) is 5.73 Å². The molecular formula is C23H33N7O2. The molecule has 0 aliphatic carbocycles. The van der Waals surface area contributed by atoms with Gasteiger partial charge in [0.1, 0.15) is 11.3 Å². The molecule has 0 atom stereocenters. The number of aromatic nitrogens is 4. The molecule has 32 heavy (non-hydrogen) atoms. The molecule has 1 aromatic carbocycles. The number of hydrogen-bond acceptors (Lipinski definition) is 8.